The molecular weight excluding hydrogens is 231 g/mol. The molecular formula is C13H15FN4. The molecule has 1 aromatic carbocycles. The van der Waals surface area contributed by atoms with Gasteiger partial charge in [0.2, 0.25) is 0 Å². The Morgan fingerprint density at radius 3 is 2.67 bits per heavy atom. The maximum atomic E-state index is 12.7. The zero-order valence-electron chi connectivity index (χ0n) is 9.86. The molecule has 1 aromatic heterocycles. The van der Waals surface area contributed by atoms with Gasteiger partial charge < -0.3 is 10.7 Å². The molecule has 0 aliphatic rings. The molecule has 5 heteroatoms. The molecule has 4 N–H and O–H groups in total. The SMILES string of the molecule is NNc1cc(NCCc2ccc(F)cc2)ccn1. The van der Waals surface area contributed by atoms with Crippen LogP contribution in [-0.2, 0) is 6.42 Å². The van der Waals surface area contributed by atoms with Gasteiger partial charge in [0, 0.05) is 24.5 Å². The second kappa shape index (κ2) is 5.97. The van der Waals surface area contributed by atoms with E-state index in [1.165, 1.54) is 12.1 Å². The third-order valence-corrected chi connectivity index (χ3v) is 2.56. The highest BCUT2D eigenvalue weighted by Crippen LogP contribution is 2.11. The minimum atomic E-state index is -0.209. The van der Waals surface area contributed by atoms with Crippen LogP contribution in [0, 0.1) is 5.82 Å². The van der Waals surface area contributed by atoms with E-state index in [-0.39, 0.29) is 5.82 Å². The molecule has 0 aliphatic heterocycles. The molecule has 18 heavy (non-hydrogen) atoms. The van der Waals surface area contributed by atoms with Crippen LogP contribution in [0.3, 0.4) is 0 Å². The van der Waals surface area contributed by atoms with E-state index in [1.54, 1.807) is 18.3 Å². The first-order chi connectivity index (χ1) is 8.78. The zero-order valence-corrected chi connectivity index (χ0v) is 9.86. The number of nitrogens with zero attached hydrogens (tertiary/aromatic N) is 1. The number of nitrogens with two attached hydrogens (primary N) is 1. The van der Waals surface area contributed by atoms with Crippen LogP contribution in [-0.4, -0.2) is 11.5 Å². The van der Waals surface area contributed by atoms with Crippen molar-refractivity contribution >= 4 is 11.5 Å². The number of anilines is 2. The first-order valence-corrected chi connectivity index (χ1v) is 5.69. The van der Waals surface area contributed by atoms with Crippen molar-refractivity contribution in [3.05, 3.63) is 54.0 Å². The standard InChI is InChI=1S/C13H15FN4/c14-11-3-1-10(2-4-11)5-7-16-12-6-8-17-13(9-12)18-15/h1-4,6,8-9H,5,7,15H2,(H2,16,17,18). The maximum Gasteiger partial charge on any atom is 0.141 e. The Kier molecular flexibility index (Phi) is 4.09. The summed E-state index contributed by atoms with van der Waals surface area (Å²) in [5.74, 6) is 5.68. The molecule has 4 nitrogen and oxygen atoms in total. The summed E-state index contributed by atoms with van der Waals surface area (Å²) in [6.45, 7) is 0.764. The number of benzene rings is 1. The molecule has 0 aliphatic carbocycles. The highest BCUT2D eigenvalue weighted by Gasteiger charge is 1.97. The average Bonchev–Trinajstić information content (AvgIpc) is 2.41. The molecule has 2 rings (SSSR count). The van der Waals surface area contributed by atoms with E-state index in [0.717, 1.165) is 24.2 Å². The molecule has 0 amide bonds. The Labute approximate surface area is 105 Å². The third-order valence-electron chi connectivity index (χ3n) is 2.56. The summed E-state index contributed by atoms with van der Waals surface area (Å²) in [5.41, 5.74) is 4.53. The second-order valence-corrected chi connectivity index (χ2v) is 3.88. The molecule has 94 valence electrons. The van der Waals surface area contributed by atoms with Crippen LogP contribution in [0.25, 0.3) is 0 Å². The van der Waals surface area contributed by atoms with Crippen LogP contribution < -0.4 is 16.6 Å². The second-order valence-electron chi connectivity index (χ2n) is 3.88. The highest BCUT2D eigenvalue weighted by molar-refractivity contribution is 5.51. The maximum absolute atomic E-state index is 12.7. The van der Waals surface area contributed by atoms with Gasteiger partial charge in [0.05, 0.1) is 0 Å². The molecule has 1 heterocycles. The van der Waals surface area contributed by atoms with E-state index in [0.29, 0.717) is 5.82 Å². The van der Waals surface area contributed by atoms with Gasteiger partial charge in [-0.3, -0.25) is 0 Å². The van der Waals surface area contributed by atoms with E-state index in [1.807, 2.05) is 12.1 Å². The van der Waals surface area contributed by atoms with Gasteiger partial charge in [0.25, 0.3) is 0 Å². The number of halogens is 1. The summed E-state index contributed by atoms with van der Waals surface area (Å²) < 4.78 is 12.7. The van der Waals surface area contributed by atoms with Gasteiger partial charge in [-0.25, -0.2) is 15.2 Å². The topological polar surface area (TPSA) is 63.0 Å². The molecule has 2 aromatic rings. The zero-order chi connectivity index (χ0) is 12.8. The fraction of sp³-hybridized carbons (Fsp3) is 0.154. The van der Waals surface area contributed by atoms with Crippen molar-refractivity contribution < 1.29 is 4.39 Å². The molecule has 0 fully saturated rings. The van der Waals surface area contributed by atoms with Crippen molar-refractivity contribution in [3.63, 3.8) is 0 Å². The summed E-state index contributed by atoms with van der Waals surface area (Å²) in [7, 11) is 0. The summed E-state index contributed by atoms with van der Waals surface area (Å²) in [6, 6.07) is 10.2. The van der Waals surface area contributed by atoms with Gasteiger partial charge in [-0.2, -0.15) is 0 Å². The van der Waals surface area contributed by atoms with Gasteiger partial charge in [-0.15, -0.1) is 0 Å². The first-order valence-electron chi connectivity index (χ1n) is 5.69. The average molecular weight is 246 g/mol. The van der Waals surface area contributed by atoms with E-state index >= 15 is 0 Å². The molecule has 0 bridgehead atoms. The van der Waals surface area contributed by atoms with Crippen molar-refractivity contribution in [1.82, 2.24) is 4.98 Å². The van der Waals surface area contributed by atoms with E-state index in [9.17, 15) is 4.39 Å². The number of hydrogen-bond acceptors (Lipinski definition) is 4. The van der Waals surface area contributed by atoms with Crippen LogP contribution in [0.1, 0.15) is 5.56 Å². The van der Waals surface area contributed by atoms with Crippen molar-refractivity contribution in [2.75, 3.05) is 17.3 Å². The Hall–Kier alpha value is -2.14. The van der Waals surface area contributed by atoms with Crippen LogP contribution >= 0.6 is 0 Å². The summed E-state index contributed by atoms with van der Waals surface area (Å²) in [5, 5.41) is 3.25. The monoisotopic (exact) mass is 246 g/mol. The molecule has 0 atom stereocenters. The normalized spacial score (nSPS) is 10.1. The van der Waals surface area contributed by atoms with E-state index in [4.69, 9.17) is 5.84 Å². The van der Waals surface area contributed by atoms with Gasteiger partial charge in [0.1, 0.15) is 11.6 Å². The minimum Gasteiger partial charge on any atom is -0.385 e. The van der Waals surface area contributed by atoms with E-state index < -0.39 is 0 Å². The highest BCUT2D eigenvalue weighted by atomic mass is 19.1. The lowest BCUT2D eigenvalue weighted by Crippen LogP contribution is -2.10. The van der Waals surface area contributed by atoms with Crippen molar-refractivity contribution in [1.29, 1.82) is 0 Å². The molecule has 0 radical (unpaired) electrons. The smallest absolute Gasteiger partial charge is 0.141 e. The van der Waals surface area contributed by atoms with Gasteiger partial charge in [-0.1, -0.05) is 12.1 Å². The lowest BCUT2D eigenvalue weighted by Gasteiger charge is -2.07. The fourth-order valence-corrected chi connectivity index (χ4v) is 1.62. The van der Waals surface area contributed by atoms with Crippen LogP contribution in [0.4, 0.5) is 15.9 Å². The minimum absolute atomic E-state index is 0.209. The number of hydrazine groups is 1. The van der Waals surface area contributed by atoms with Crippen molar-refractivity contribution in [3.8, 4) is 0 Å². The quantitative estimate of drug-likeness (QED) is 0.559. The van der Waals surface area contributed by atoms with Gasteiger partial charge in [-0.05, 0) is 30.2 Å². The Morgan fingerprint density at radius 1 is 1.17 bits per heavy atom. The number of rotatable bonds is 5. The number of aromatic nitrogens is 1. The number of nitrogens with one attached hydrogen (secondary N) is 2. The summed E-state index contributed by atoms with van der Waals surface area (Å²) in [6.07, 6.45) is 2.50. The summed E-state index contributed by atoms with van der Waals surface area (Å²) >= 11 is 0. The molecule has 0 saturated heterocycles. The van der Waals surface area contributed by atoms with Crippen molar-refractivity contribution in [2.45, 2.75) is 6.42 Å². The fourth-order valence-electron chi connectivity index (χ4n) is 1.62. The molecule has 0 saturated carbocycles. The Bertz CT molecular complexity index is 499. The predicted octanol–water partition coefficient (Wildman–Crippen LogP) is 2.16. The Balaban J connectivity index is 1.86. The molecule has 0 unspecified atom stereocenters. The van der Waals surface area contributed by atoms with Crippen LogP contribution in [0.2, 0.25) is 0 Å². The largest absolute Gasteiger partial charge is 0.385 e. The van der Waals surface area contributed by atoms with Crippen LogP contribution in [0.15, 0.2) is 42.6 Å². The lowest BCUT2D eigenvalue weighted by molar-refractivity contribution is 0.627. The third kappa shape index (κ3) is 3.43. The van der Waals surface area contributed by atoms with Gasteiger partial charge >= 0.3 is 0 Å². The van der Waals surface area contributed by atoms with Crippen LogP contribution in [0.5, 0.6) is 0 Å². The van der Waals surface area contributed by atoms with Gasteiger partial charge in [0.15, 0.2) is 0 Å². The van der Waals surface area contributed by atoms with E-state index in [2.05, 4.69) is 15.7 Å². The Morgan fingerprint density at radius 2 is 1.94 bits per heavy atom. The first kappa shape index (κ1) is 12.3. The number of pyridine rings is 1. The number of hydrogen-bond donors (Lipinski definition) is 3. The van der Waals surface area contributed by atoms with Crippen molar-refractivity contribution in [2.24, 2.45) is 5.84 Å². The lowest BCUT2D eigenvalue weighted by atomic mass is 10.1. The summed E-state index contributed by atoms with van der Waals surface area (Å²) in [4.78, 5) is 4.02. The molecule has 0 spiro atoms. The number of nitrogen functional groups attached to an aromatic ring is 1. The predicted molar refractivity (Wildman–Crippen MR) is 70.6 cm³/mol.